The van der Waals surface area contributed by atoms with Crippen LogP contribution in [-0.4, -0.2) is 27.3 Å². The Morgan fingerprint density at radius 3 is 2.65 bits per heavy atom. The molecular weight excluding hydrogens is 414 g/mol. The lowest BCUT2D eigenvalue weighted by molar-refractivity contribution is 0.0950. The molecule has 4 aromatic rings. The van der Waals surface area contributed by atoms with E-state index in [0.29, 0.717) is 28.7 Å². The molecule has 8 heteroatoms. The average molecular weight is 432 g/mol. The highest BCUT2D eigenvalue weighted by molar-refractivity contribution is 6.30. The van der Waals surface area contributed by atoms with Crippen LogP contribution in [0.3, 0.4) is 0 Å². The maximum absolute atomic E-state index is 12.2. The van der Waals surface area contributed by atoms with Crippen molar-refractivity contribution in [3.05, 3.63) is 101 Å². The maximum Gasteiger partial charge on any atom is 0.289 e. The smallest absolute Gasteiger partial charge is 0.289 e. The summed E-state index contributed by atoms with van der Waals surface area (Å²) in [5.41, 5.74) is 5.92. The van der Waals surface area contributed by atoms with Crippen molar-refractivity contribution >= 4 is 23.7 Å². The van der Waals surface area contributed by atoms with Crippen molar-refractivity contribution in [1.29, 1.82) is 0 Å². The Morgan fingerprint density at radius 1 is 1.10 bits per heavy atom. The van der Waals surface area contributed by atoms with E-state index in [0.717, 1.165) is 16.9 Å². The van der Waals surface area contributed by atoms with Gasteiger partial charge in [0, 0.05) is 16.8 Å². The highest BCUT2D eigenvalue weighted by Crippen LogP contribution is 2.22. The minimum Gasteiger partial charge on any atom is -0.489 e. The minimum atomic E-state index is -0.395. The fourth-order valence-corrected chi connectivity index (χ4v) is 2.85. The van der Waals surface area contributed by atoms with Gasteiger partial charge in [-0.15, -0.1) is 0 Å². The van der Waals surface area contributed by atoms with E-state index in [1.165, 1.54) is 6.21 Å². The number of hydrogen-bond donors (Lipinski definition) is 2. The molecule has 2 aromatic heterocycles. The van der Waals surface area contributed by atoms with Crippen LogP contribution in [0.25, 0.3) is 11.3 Å². The predicted octanol–water partition coefficient (Wildman–Crippen LogP) is 4.47. The van der Waals surface area contributed by atoms with Gasteiger partial charge in [-0.2, -0.15) is 10.2 Å². The number of carbonyl (C=O) groups excluding carboxylic acids is 1. The molecule has 0 bridgehead atoms. The molecule has 0 atom stereocenters. The van der Waals surface area contributed by atoms with Gasteiger partial charge in [-0.25, -0.2) is 5.43 Å². The second-order valence-corrected chi connectivity index (χ2v) is 7.00. The molecule has 0 spiro atoms. The summed E-state index contributed by atoms with van der Waals surface area (Å²) in [6, 6.07) is 22.1. The van der Waals surface area contributed by atoms with E-state index in [2.05, 4.69) is 25.7 Å². The third-order valence-corrected chi connectivity index (χ3v) is 4.59. The molecule has 0 aliphatic rings. The van der Waals surface area contributed by atoms with Gasteiger partial charge in [0.2, 0.25) is 0 Å². The Labute approximate surface area is 183 Å². The Morgan fingerprint density at radius 2 is 1.90 bits per heavy atom. The molecular formula is C23H18ClN5O2. The van der Waals surface area contributed by atoms with Crippen molar-refractivity contribution in [3.8, 4) is 17.0 Å². The van der Waals surface area contributed by atoms with E-state index >= 15 is 0 Å². The number of nitrogens with one attached hydrogen (secondary N) is 2. The van der Waals surface area contributed by atoms with E-state index in [4.69, 9.17) is 16.3 Å². The van der Waals surface area contributed by atoms with Gasteiger partial charge < -0.3 is 4.74 Å². The predicted molar refractivity (Wildman–Crippen MR) is 119 cm³/mol. The zero-order valence-electron chi connectivity index (χ0n) is 16.3. The summed E-state index contributed by atoms with van der Waals surface area (Å²) >= 11 is 5.89. The quantitative estimate of drug-likeness (QED) is 0.333. The Hall–Kier alpha value is -3.97. The molecule has 0 saturated carbocycles. The first-order valence-electron chi connectivity index (χ1n) is 9.45. The summed E-state index contributed by atoms with van der Waals surface area (Å²) in [6.07, 6.45) is 3.12. The van der Waals surface area contributed by atoms with Crippen LogP contribution in [-0.2, 0) is 6.61 Å². The third-order valence-electron chi connectivity index (χ3n) is 4.34. The van der Waals surface area contributed by atoms with Crippen LogP contribution in [0.2, 0.25) is 5.02 Å². The van der Waals surface area contributed by atoms with Crippen LogP contribution in [0.5, 0.6) is 5.75 Å². The van der Waals surface area contributed by atoms with Crippen molar-refractivity contribution in [2.45, 2.75) is 6.61 Å². The van der Waals surface area contributed by atoms with Crippen molar-refractivity contribution in [1.82, 2.24) is 20.6 Å². The van der Waals surface area contributed by atoms with Gasteiger partial charge in [0.1, 0.15) is 18.1 Å². The summed E-state index contributed by atoms with van der Waals surface area (Å²) in [5.74, 6) is 0.338. The number of hydrazone groups is 1. The van der Waals surface area contributed by atoms with E-state index in [1.54, 1.807) is 24.4 Å². The van der Waals surface area contributed by atoms with Crippen LogP contribution in [0, 0.1) is 0 Å². The third kappa shape index (κ3) is 5.55. The van der Waals surface area contributed by atoms with E-state index in [-0.39, 0.29) is 0 Å². The number of hydrogen-bond acceptors (Lipinski definition) is 5. The van der Waals surface area contributed by atoms with Crippen molar-refractivity contribution in [3.63, 3.8) is 0 Å². The van der Waals surface area contributed by atoms with Gasteiger partial charge in [0.05, 0.1) is 17.6 Å². The topological polar surface area (TPSA) is 92.3 Å². The zero-order valence-corrected chi connectivity index (χ0v) is 17.1. The van der Waals surface area contributed by atoms with Crippen molar-refractivity contribution < 1.29 is 9.53 Å². The first kappa shape index (κ1) is 20.3. The zero-order chi connectivity index (χ0) is 21.5. The largest absolute Gasteiger partial charge is 0.489 e. The molecule has 1 amide bonds. The van der Waals surface area contributed by atoms with Gasteiger partial charge in [-0.05, 0) is 60.2 Å². The molecule has 0 fully saturated rings. The molecule has 2 N–H and O–H groups in total. The van der Waals surface area contributed by atoms with Crippen LogP contribution >= 0.6 is 11.6 Å². The van der Waals surface area contributed by atoms with Crippen LogP contribution in [0.4, 0.5) is 0 Å². The summed E-state index contributed by atoms with van der Waals surface area (Å²) in [6.45, 7) is 0.447. The number of ether oxygens (including phenoxy) is 1. The highest BCUT2D eigenvalue weighted by atomic mass is 35.5. The Balaban J connectivity index is 1.34. The number of carbonyl (C=O) groups is 1. The average Bonchev–Trinajstić information content (AvgIpc) is 3.30. The van der Waals surface area contributed by atoms with Gasteiger partial charge in [0.15, 0.2) is 0 Å². The van der Waals surface area contributed by atoms with E-state index in [9.17, 15) is 4.79 Å². The summed E-state index contributed by atoms with van der Waals surface area (Å²) in [4.78, 5) is 16.3. The second kappa shape index (κ2) is 9.69. The number of nitrogens with zero attached hydrogens (tertiary/aromatic N) is 3. The fraction of sp³-hybridized carbons (Fsp3) is 0.0435. The monoisotopic (exact) mass is 431 g/mol. The number of aromatic nitrogens is 3. The molecule has 4 rings (SSSR count). The van der Waals surface area contributed by atoms with Crippen molar-refractivity contribution in [2.75, 3.05) is 0 Å². The molecule has 7 nitrogen and oxygen atoms in total. The first-order chi connectivity index (χ1) is 15.2. The van der Waals surface area contributed by atoms with Gasteiger partial charge in [-0.1, -0.05) is 29.8 Å². The maximum atomic E-state index is 12.2. The Kier molecular flexibility index (Phi) is 6.35. The number of H-pyrrole nitrogens is 1. The molecule has 0 aliphatic heterocycles. The van der Waals surface area contributed by atoms with Crippen LogP contribution in [0.1, 0.15) is 21.7 Å². The molecule has 0 radical (unpaired) electrons. The van der Waals surface area contributed by atoms with E-state index < -0.39 is 5.91 Å². The van der Waals surface area contributed by atoms with Crippen molar-refractivity contribution in [2.24, 2.45) is 5.10 Å². The minimum absolute atomic E-state index is 0.302. The lowest BCUT2D eigenvalue weighted by Gasteiger charge is -2.07. The number of halogens is 1. The molecule has 31 heavy (non-hydrogen) atoms. The number of aromatic amines is 1. The van der Waals surface area contributed by atoms with E-state index in [1.807, 2.05) is 54.6 Å². The van der Waals surface area contributed by atoms with Gasteiger partial charge in [-0.3, -0.25) is 14.9 Å². The lowest BCUT2D eigenvalue weighted by Crippen LogP contribution is -2.18. The fourth-order valence-electron chi connectivity index (χ4n) is 2.72. The van der Waals surface area contributed by atoms with Crippen LogP contribution in [0.15, 0.2) is 84.1 Å². The number of benzene rings is 2. The first-order valence-corrected chi connectivity index (χ1v) is 9.83. The van der Waals surface area contributed by atoms with Crippen LogP contribution < -0.4 is 10.2 Å². The molecule has 0 saturated heterocycles. The van der Waals surface area contributed by atoms with Gasteiger partial charge >= 0.3 is 0 Å². The molecule has 154 valence electrons. The van der Waals surface area contributed by atoms with Gasteiger partial charge in [0.25, 0.3) is 5.91 Å². The normalized spacial score (nSPS) is 10.9. The number of rotatable bonds is 7. The molecule has 0 aliphatic carbocycles. The summed E-state index contributed by atoms with van der Waals surface area (Å²) < 4.78 is 5.79. The number of amides is 1. The SMILES string of the molecule is O=C(N/N=C\c1ccccn1)c1cc(-c2ccc(OCc3ccc(Cl)cc3)cc2)n[nH]1. The summed E-state index contributed by atoms with van der Waals surface area (Å²) in [7, 11) is 0. The second-order valence-electron chi connectivity index (χ2n) is 6.56. The number of pyridine rings is 1. The molecule has 2 heterocycles. The molecule has 0 unspecified atom stereocenters. The molecule has 2 aromatic carbocycles. The standard InChI is InChI=1S/C23H18ClN5O2/c24-18-8-4-16(5-9-18)15-31-20-10-6-17(7-11-20)21-13-22(28-27-21)23(30)29-26-14-19-3-1-2-12-25-19/h1-14H,15H2,(H,27,28)(H,29,30)/b26-14-. The summed E-state index contributed by atoms with van der Waals surface area (Å²) in [5, 5.41) is 11.5. The Bertz CT molecular complexity index is 1170. The highest BCUT2D eigenvalue weighted by Gasteiger charge is 2.10. The lowest BCUT2D eigenvalue weighted by atomic mass is 10.1.